The van der Waals surface area contributed by atoms with E-state index in [1.165, 1.54) is 17.0 Å². The quantitative estimate of drug-likeness (QED) is 0.695. The molecular weight excluding hydrogens is 355 g/mol. The van der Waals surface area contributed by atoms with Gasteiger partial charge in [-0.15, -0.1) is 0 Å². The molecule has 0 fully saturated rings. The number of rotatable bonds is 5. The highest BCUT2D eigenvalue weighted by molar-refractivity contribution is 6.05. The Morgan fingerprint density at radius 3 is 2.07 bits per heavy atom. The fourth-order valence-corrected chi connectivity index (χ4v) is 3.60. The molecule has 3 rings (SSSR count). The van der Waals surface area contributed by atoms with Crippen LogP contribution >= 0.6 is 0 Å². The van der Waals surface area contributed by atoms with Gasteiger partial charge in [-0.1, -0.05) is 42.5 Å². The molecule has 0 radical (unpaired) electrons. The van der Waals surface area contributed by atoms with Crippen molar-refractivity contribution in [2.24, 2.45) is 0 Å². The van der Waals surface area contributed by atoms with E-state index in [2.05, 4.69) is 0 Å². The lowest BCUT2D eigenvalue weighted by Crippen LogP contribution is -2.26. The molecule has 0 saturated carbocycles. The van der Waals surface area contributed by atoms with Crippen molar-refractivity contribution < 1.29 is 14.3 Å². The number of hydrogen-bond donors (Lipinski definition) is 1. The molecule has 1 N–H and O–H groups in total. The lowest BCUT2D eigenvalue weighted by Gasteiger charge is -2.19. The molecule has 1 heterocycles. The maximum atomic E-state index is 13.5. The molecular formula is C23H25FN2O2. The normalized spacial score (nSPS) is 11.1. The van der Waals surface area contributed by atoms with Crippen LogP contribution in [-0.2, 0) is 6.61 Å². The van der Waals surface area contributed by atoms with Crippen LogP contribution < -0.4 is 0 Å². The number of benzene rings is 2. The first-order valence-electron chi connectivity index (χ1n) is 9.27. The summed E-state index contributed by atoms with van der Waals surface area (Å²) in [4.78, 5) is 14.7. The molecule has 2 aromatic carbocycles. The van der Waals surface area contributed by atoms with Gasteiger partial charge in [0.2, 0.25) is 0 Å². The van der Waals surface area contributed by atoms with Crippen molar-refractivity contribution in [3.63, 3.8) is 0 Å². The Labute approximate surface area is 164 Å². The number of amides is 1. The average molecular weight is 380 g/mol. The van der Waals surface area contributed by atoms with E-state index in [9.17, 15) is 14.3 Å². The number of aromatic nitrogens is 1. The molecule has 0 aliphatic carbocycles. The van der Waals surface area contributed by atoms with Gasteiger partial charge in [0.1, 0.15) is 11.5 Å². The molecule has 146 valence electrons. The number of nitrogens with zero attached hydrogens (tertiary/aromatic N) is 2. The van der Waals surface area contributed by atoms with Crippen LogP contribution in [0.4, 0.5) is 4.39 Å². The Hall–Kier alpha value is -2.92. The van der Waals surface area contributed by atoms with Gasteiger partial charge in [0.05, 0.1) is 12.3 Å². The van der Waals surface area contributed by atoms with Crippen molar-refractivity contribution in [2.75, 3.05) is 14.1 Å². The largest absolute Gasteiger partial charge is 0.390 e. The molecule has 0 unspecified atom stereocenters. The molecule has 0 aliphatic rings. The van der Waals surface area contributed by atoms with Crippen LogP contribution in [0.2, 0.25) is 0 Å². The van der Waals surface area contributed by atoms with Crippen molar-refractivity contribution in [3.05, 3.63) is 71.8 Å². The Morgan fingerprint density at radius 1 is 1.00 bits per heavy atom. The third kappa shape index (κ3) is 3.45. The summed E-state index contributed by atoms with van der Waals surface area (Å²) in [7, 11) is 3.43. The van der Waals surface area contributed by atoms with E-state index >= 15 is 0 Å². The molecule has 0 spiro atoms. The van der Waals surface area contributed by atoms with Crippen LogP contribution in [-0.4, -0.2) is 34.6 Å². The molecule has 3 aromatic rings. The summed E-state index contributed by atoms with van der Waals surface area (Å²) in [5, 5.41) is 10.2. The highest BCUT2D eigenvalue weighted by Gasteiger charge is 2.30. The van der Waals surface area contributed by atoms with Crippen LogP contribution in [0.5, 0.6) is 0 Å². The maximum Gasteiger partial charge on any atom is 0.270 e. The van der Waals surface area contributed by atoms with Gasteiger partial charge in [0.15, 0.2) is 0 Å². The first-order chi connectivity index (χ1) is 13.4. The van der Waals surface area contributed by atoms with Crippen LogP contribution in [0.25, 0.3) is 22.3 Å². The molecule has 1 aromatic heterocycles. The lowest BCUT2D eigenvalue weighted by molar-refractivity contribution is 0.0815. The van der Waals surface area contributed by atoms with Crippen LogP contribution in [0.15, 0.2) is 54.6 Å². The predicted molar refractivity (Wildman–Crippen MR) is 110 cm³/mol. The van der Waals surface area contributed by atoms with E-state index < -0.39 is 0 Å². The zero-order chi connectivity index (χ0) is 20.4. The van der Waals surface area contributed by atoms with E-state index in [1.54, 1.807) is 26.2 Å². The van der Waals surface area contributed by atoms with E-state index in [0.717, 1.165) is 22.3 Å². The standard InChI is InChI=1S/C23H25FN2O2/c1-15(2)26-19(14-27)20(17-10-12-18(24)13-11-17)21(16-8-6-5-7-9-16)22(26)23(28)25(3)4/h5-13,15,27H,14H2,1-4H3. The number of hydrogen-bond acceptors (Lipinski definition) is 2. The third-order valence-electron chi connectivity index (χ3n) is 4.78. The van der Waals surface area contributed by atoms with Gasteiger partial charge in [0, 0.05) is 31.3 Å². The highest BCUT2D eigenvalue weighted by Crippen LogP contribution is 2.42. The number of halogens is 1. The summed E-state index contributed by atoms with van der Waals surface area (Å²) in [5.74, 6) is -0.473. The van der Waals surface area contributed by atoms with Crippen molar-refractivity contribution in [1.82, 2.24) is 9.47 Å². The molecule has 0 aliphatic heterocycles. The smallest absolute Gasteiger partial charge is 0.270 e. The summed E-state index contributed by atoms with van der Waals surface area (Å²) in [5.41, 5.74) is 4.31. The van der Waals surface area contributed by atoms with E-state index in [-0.39, 0.29) is 24.4 Å². The van der Waals surface area contributed by atoms with E-state index in [0.29, 0.717) is 11.4 Å². The minimum absolute atomic E-state index is 0.0438. The van der Waals surface area contributed by atoms with Gasteiger partial charge in [-0.25, -0.2) is 4.39 Å². The third-order valence-corrected chi connectivity index (χ3v) is 4.78. The summed E-state index contributed by atoms with van der Waals surface area (Å²) in [6.07, 6.45) is 0. The van der Waals surface area contributed by atoms with Gasteiger partial charge in [0.25, 0.3) is 5.91 Å². The van der Waals surface area contributed by atoms with Crippen LogP contribution in [0.1, 0.15) is 36.1 Å². The molecule has 0 bridgehead atoms. The van der Waals surface area contributed by atoms with Gasteiger partial charge in [-0.3, -0.25) is 4.79 Å². The van der Waals surface area contributed by atoms with E-state index in [1.807, 2.05) is 48.7 Å². The number of aliphatic hydroxyl groups is 1. The first-order valence-corrected chi connectivity index (χ1v) is 9.27. The summed E-state index contributed by atoms with van der Waals surface area (Å²) < 4.78 is 15.4. The monoisotopic (exact) mass is 380 g/mol. The Balaban J connectivity index is 2.48. The van der Waals surface area contributed by atoms with Gasteiger partial charge < -0.3 is 14.6 Å². The molecule has 4 nitrogen and oxygen atoms in total. The topological polar surface area (TPSA) is 45.5 Å². The second-order valence-corrected chi connectivity index (χ2v) is 7.24. The van der Waals surface area contributed by atoms with Crippen molar-refractivity contribution in [3.8, 4) is 22.3 Å². The van der Waals surface area contributed by atoms with Crippen LogP contribution in [0, 0.1) is 5.82 Å². The highest BCUT2D eigenvalue weighted by atomic mass is 19.1. The minimum Gasteiger partial charge on any atom is -0.390 e. The second-order valence-electron chi connectivity index (χ2n) is 7.24. The predicted octanol–water partition coefficient (Wildman–Crippen LogP) is 4.74. The molecule has 5 heteroatoms. The number of aliphatic hydroxyl groups excluding tert-OH is 1. The fourth-order valence-electron chi connectivity index (χ4n) is 3.60. The van der Waals surface area contributed by atoms with Crippen molar-refractivity contribution >= 4 is 5.91 Å². The molecule has 0 saturated heterocycles. The summed E-state index contributed by atoms with van der Waals surface area (Å²) in [6.45, 7) is 3.73. The Kier molecular flexibility index (Phi) is 5.66. The second kappa shape index (κ2) is 7.98. The fraction of sp³-hybridized carbons (Fsp3) is 0.261. The molecule has 0 atom stereocenters. The van der Waals surface area contributed by atoms with E-state index in [4.69, 9.17) is 0 Å². The molecule has 1 amide bonds. The SMILES string of the molecule is CC(C)n1c(CO)c(-c2ccc(F)cc2)c(-c2ccccc2)c1C(=O)N(C)C. The van der Waals surface area contributed by atoms with Crippen molar-refractivity contribution in [2.45, 2.75) is 26.5 Å². The zero-order valence-corrected chi connectivity index (χ0v) is 16.6. The van der Waals surface area contributed by atoms with Gasteiger partial charge >= 0.3 is 0 Å². The number of carbonyl (C=O) groups is 1. The minimum atomic E-state index is -0.330. The number of carbonyl (C=O) groups excluding carboxylic acids is 1. The average Bonchev–Trinajstić information content (AvgIpc) is 3.03. The zero-order valence-electron chi connectivity index (χ0n) is 16.6. The Morgan fingerprint density at radius 2 is 1.57 bits per heavy atom. The molecule has 28 heavy (non-hydrogen) atoms. The first kappa shape index (κ1) is 19.8. The lowest BCUT2D eigenvalue weighted by atomic mass is 9.94. The summed E-state index contributed by atoms with van der Waals surface area (Å²) in [6, 6.07) is 15.8. The van der Waals surface area contributed by atoms with Gasteiger partial charge in [-0.2, -0.15) is 0 Å². The Bertz CT molecular complexity index is 974. The van der Waals surface area contributed by atoms with Gasteiger partial charge in [-0.05, 0) is 37.1 Å². The summed E-state index contributed by atoms with van der Waals surface area (Å²) >= 11 is 0. The van der Waals surface area contributed by atoms with Crippen LogP contribution in [0.3, 0.4) is 0 Å². The maximum absolute atomic E-state index is 13.5. The van der Waals surface area contributed by atoms with Crippen molar-refractivity contribution in [1.29, 1.82) is 0 Å².